The fraction of sp³-hybridized carbons (Fsp3) is 0.385. The van der Waals surface area contributed by atoms with Crippen LogP contribution in [0.1, 0.15) is 29.9 Å². The van der Waals surface area contributed by atoms with Crippen LogP contribution in [0, 0.1) is 0 Å². The highest BCUT2D eigenvalue weighted by Gasteiger charge is 2.17. The Morgan fingerprint density at radius 3 is 2.75 bits per heavy atom. The van der Waals surface area contributed by atoms with Gasteiger partial charge in [-0.15, -0.1) is 11.3 Å². The first kappa shape index (κ1) is 15.7. The van der Waals surface area contributed by atoms with Gasteiger partial charge in [-0.25, -0.2) is 13.1 Å². The Labute approximate surface area is 127 Å². The molecule has 2 heterocycles. The summed E-state index contributed by atoms with van der Waals surface area (Å²) in [6.07, 6.45) is 0.567. The summed E-state index contributed by atoms with van der Waals surface area (Å²) >= 11 is 2.80. The van der Waals surface area contributed by atoms with E-state index in [4.69, 9.17) is 0 Å². The molecule has 20 heavy (non-hydrogen) atoms. The summed E-state index contributed by atoms with van der Waals surface area (Å²) in [5.74, 6) is 0. The molecule has 0 fully saturated rings. The van der Waals surface area contributed by atoms with Gasteiger partial charge < -0.3 is 5.11 Å². The highest BCUT2D eigenvalue weighted by atomic mass is 32.2. The van der Waals surface area contributed by atoms with E-state index >= 15 is 0 Å². The van der Waals surface area contributed by atoms with Crippen LogP contribution in [-0.4, -0.2) is 20.1 Å². The molecule has 0 spiro atoms. The van der Waals surface area contributed by atoms with Crippen LogP contribution in [0.3, 0.4) is 0 Å². The minimum absolute atomic E-state index is 0.221. The summed E-state index contributed by atoms with van der Waals surface area (Å²) in [6.45, 7) is 2.21. The molecule has 2 rings (SSSR count). The van der Waals surface area contributed by atoms with E-state index in [0.29, 0.717) is 10.6 Å². The smallest absolute Gasteiger partial charge is 0.250 e. The summed E-state index contributed by atoms with van der Waals surface area (Å²) in [6, 6.07) is 5.30. The first-order valence-electron chi connectivity index (χ1n) is 6.31. The van der Waals surface area contributed by atoms with Crippen molar-refractivity contribution in [3.8, 4) is 0 Å². The largest absolute Gasteiger partial charge is 0.388 e. The summed E-state index contributed by atoms with van der Waals surface area (Å²) < 4.78 is 27.0. The summed E-state index contributed by atoms with van der Waals surface area (Å²) in [7, 11) is -3.45. The number of aliphatic hydroxyl groups excluding tert-OH is 1. The zero-order valence-electron chi connectivity index (χ0n) is 11.1. The number of aryl methyl sites for hydroxylation is 1. The molecule has 2 aromatic heterocycles. The zero-order chi connectivity index (χ0) is 14.6. The Hall–Kier alpha value is -0.730. The Morgan fingerprint density at radius 1 is 1.35 bits per heavy atom. The summed E-state index contributed by atoms with van der Waals surface area (Å²) in [4.78, 5) is 1.05. The van der Waals surface area contributed by atoms with Crippen LogP contribution in [-0.2, 0) is 16.4 Å². The van der Waals surface area contributed by atoms with Crippen molar-refractivity contribution < 1.29 is 13.5 Å². The maximum Gasteiger partial charge on any atom is 0.250 e. The molecule has 0 aliphatic rings. The van der Waals surface area contributed by atoms with E-state index < -0.39 is 16.1 Å². The second kappa shape index (κ2) is 6.82. The lowest BCUT2D eigenvalue weighted by atomic mass is 10.1. The molecule has 110 valence electrons. The molecule has 2 N–H and O–H groups in total. The Bertz CT molecular complexity index is 632. The molecule has 0 aliphatic carbocycles. The van der Waals surface area contributed by atoms with Gasteiger partial charge in [0, 0.05) is 11.4 Å². The highest BCUT2D eigenvalue weighted by Crippen LogP contribution is 2.22. The molecule has 2 aromatic rings. The van der Waals surface area contributed by atoms with Crippen LogP contribution in [0.4, 0.5) is 0 Å². The van der Waals surface area contributed by atoms with Crippen LogP contribution < -0.4 is 4.72 Å². The van der Waals surface area contributed by atoms with Crippen molar-refractivity contribution in [2.24, 2.45) is 0 Å². The lowest BCUT2D eigenvalue weighted by Gasteiger charge is -2.09. The monoisotopic (exact) mass is 331 g/mol. The molecular weight excluding hydrogens is 314 g/mol. The average Bonchev–Trinajstić information content (AvgIpc) is 3.10. The second-order valence-corrected chi connectivity index (χ2v) is 8.28. The van der Waals surface area contributed by atoms with Gasteiger partial charge in [0.25, 0.3) is 0 Å². The summed E-state index contributed by atoms with van der Waals surface area (Å²) in [5.41, 5.74) is 0.832. The van der Waals surface area contributed by atoms with Crippen molar-refractivity contribution in [2.75, 3.05) is 6.54 Å². The number of thiophene rings is 2. The van der Waals surface area contributed by atoms with Crippen LogP contribution in [0.5, 0.6) is 0 Å². The number of aliphatic hydroxyl groups is 1. The van der Waals surface area contributed by atoms with E-state index in [1.807, 2.05) is 29.8 Å². The van der Waals surface area contributed by atoms with E-state index in [-0.39, 0.29) is 6.54 Å². The molecule has 0 amide bonds. The topological polar surface area (TPSA) is 66.4 Å². The fourth-order valence-electron chi connectivity index (χ4n) is 1.73. The van der Waals surface area contributed by atoms with E-state index in [0.717, 1.165) is 16.9 Å². The Balaban J connectivity index is 1.89. The molecular formula is C13H17NO3S3. The van der Waals surface area contributed by atoms with Crippen molar-refractivity contribution in [1.29, 1.82) is 0 Å². The highest BCUT2D eigenvalue weighted by molar-refractivity contribution is 7.91. The summed E-state index contributed by atoms with van der Waals surface area (Å²) in [5, 5.41) is 13.6. The predicted molar refractivity (Wildman–Crippen MR) is 82.8 cm³/mol. The van der Waals surface area contributed by atoms with Crippen molar-refractivity contribution in [1.82, 2.24) is 4.72 Å². The van der Waals surface area contributed by atoms with Crippen LogP contribution in [0.2, 0.25) is 0 Å². The molecule has 0 unspecified atom stereocenters. The average molecular weight is 331 g/mol. The number of sulfonamides is 1. The van der Waals surface area contributed by atoms with Crippen LogP contribution >= 0.6 is 22.7 Å². The van der Waals surface area contributed by atoms with Gasteiger partial charge in [-0.3, -0.25) is 0 Å². The number of rotatable bonds is 7. The molecule has 4 nitrogen and oxygen atoms in total. The minimum atomic E-state index is -3.45. The zero-order valence-corrected chi connectivity index (χ0v) is 13.5. The number of hydrogen-bond acceptors (Lipinski definition) is 5. The third kappa shape index (κ3) is 3.89. The van der Waals surface area contributed by atoms with Gasteiger partial charge in [-0.05, 0) is 47.4 Å². The first-order valence-corrected chi connectivity index (χ1v) is 9.55. The first-order chi connectivity index (χ1) is 9.53. The van der Waals surface area contributed by atoms with Gasteiger partial charge in [0.05, 0.1) is 6.10 Å². The van der Waals surface area contributed by atoms with Crippen LogP contribution in [0.15, 0.2) is 33.2 Å². The van der Waals surface area contributed by atoms with Crippen molar-refractivity contribution >= 4 is 32.7 Å². The maximum absolute atomic E-state index is 12.0. The molecule has 0 bridgehead atoms. The third-order valence-corrected chi connectivity index (χ3v) is 6.77. The van der Waals surface area contributed by atoms with Gasteiger partial charge in [0.1, 0.15) is 4.21 Å². The van der Waals surface area contributed by atoms with Gasteiger partial charge in [0.2, 0.25) is 10.0 Å². The van der Waals surface area contributed by atoms with Crippen LogP contribution in [0.25, 0.3) is 0 Å². The number of hydrogen-bond donors (Lipinski definition) is 2. The Morgan fingerprint density at radius 2 is 2.15 bits per heavy atom. The molecule has 1 atom stereocenters. The minimum Gasteiger partial charge on any atom is -0.388 e. The molecule has 0 saturated heterocycles. The van der Waals surface area contributed by atoms with Gasteiger partial charge in [0.15, 0.2) is 0 Å². The molecule has 0 aromatic carbocycles. The standard InChI is InChI=1S/C13H17NO3S3/c1-2-11-3-4-13(19-11)20(16,17)14-7-5-12(15)10-6-8-18-9-10/h3-4,6,8-9,12,14-15H,2,5,7H2,1H3/t12-/m0/s1. The predicted octanol–water partition coefficient (Wildman–Crippen LogP) is 2.77. The van der Waals surface area contributed by atoms with Gasteiger partial charge >= 0.3 is 0 Å². The van der Waals surface area contributed by atoms with Gasteiger partial charge in [-0.1, -0.05) is 6.92 Å². The fourth-order valence-corrected chi connectivity index (χ4v) is 4.82. The SMILES string of the molecule is CCc1ccc(S(=O)(=O)NCC[C@H](O)c2ccsc2)s1. The van der Waals surface area contributed by atoms with Gasteiger partial charge in [-0.2, -0.15) is 11.3 Å². The van der Waals surface area contributed by atoms with Crippen molar-refractivity contribution in [2.45, 2.75) is 30.1 Å². The molecule has 0 radical (unpaired) electrons. The maximum atomic E-state index is 12.0. The van der Waals surface area contributed by atoms with E-state index in [1.54, 1.807) is 6.07 Å². The van der Waals surface area contributed by atoms with E-state index in [2.05, 4.69) is 4.72 Å². The van der Waals surface area contributed by atoms with E-state index in [1.165, 1.54) is 22.7 Å². The second-order valence-electron chi connectivity index (χ2n) is 4.33. The quantitative estimate of drug-likeness (QED) is 0.820. The molecule has 0 saturated carbocycles. The lowest BCUT2D eigenvalue weighted by molar-refractivity contribution is 0.169. The lowest BCUT2D eigenvalue weighted by Crippen LogP contribution is -2.25. The number of nitrogens with one attached hydrogen (secondary N) is 1. The van der Waals surface area contributed by atoms with Crippen molar-refractivity contribution in [3.63, 3.8) is 0 Å². The molecule has 0 aliphatic heterocycles. The van der Waals surface area contributed by atoms with E-state index in [9.17, 15) is 13.5 Å². The normalized spacial score (nSPS) is 13.5. The Kier molecular flexibility index (Phi) is 5.34. The third-order valence-electron chi connectivity index (χ3n) is 2.89. The molecule has 7 heteroatoms. The van der Waals surface area contributed by atoms with Crippen molar-refractivity contribution in [3.05, 3.63) is 39.4 Å².